The van der Waals surface area contributed by atoms with E-state index < -0.39 is 4.92 Å². The highest BCUT2D eigenvalue weighted by atomic mass is 32.1. The largest absolute Gasteiger partial charge is 0.867 e. The molecule has 0 aliphatic carbocycles. The summed E-state index contributed by atoms with van der Waals surface area (Å²) >= 11 is 5.59. The van der Waals surface area contributed by atoms with Gasteiger partial charge in [0.1, 0.15) is 0 Å². The van der Waals surface area contributed by atoms with Gasteiger partial charge in [0.05, 0.1) is 4.92 Å². The Morgan fingerprint density at radius 1 is 1.16 bits per heavy atom. The third kappa shape index (κ3) is 4.52. The number of hydrogen-bond acceptors (Lipinski definition) is 6. The summed E-state index contributed by atoms with van der Waals surface area (Å²) < 4.78 is 12.4. The Morgan fingerprint density at radius 2 is 1.91 bits per heavy atom. The zero-order valence-electron chi connectivity index (χ0n) is 17.1. The van der Waals surface area contributed by atoms with Gasteiger partial charge in [0.15, 0.2) is 28.9 Å². The number of ether oxygens (including phenoxy) is 2. The van der Waals surface area contributed by atoms with Crippen LogP contribution >= 0.6 is 12.2 Å². The molecule has 0 radical (unpaired) electrons. The standard InChI is InChI=1S/C23H19N3O5S/c1-15-3-2-10-25(13-15)21(22(27)17-5-7-18(8-6-17)26(28)29)23(32)24-12-16-4-9-19-20(11-16)31-14-30-19/h2-11,13H,12,14H2,1H3,(H-,24,27,32). The van der Waals surface area contributed by atoms with Crippen molar-refractivity contribution < 1.29 is 24.1 Å². The van der Waals surface area contributed by atoms with E-state index in [1.165, 1.54) is 24.3 Å². The molecule has 0 spiro atoms. The van der Waals surface area contributed by atoms with Gasteiger partial charge < -0.3 is 19.9 Å². The second kappa shape index (κ2) is 9.03. The van der Waals surface area contributed by atoms with Gasteiger partial charge in [0, 0.05) is 30.3 Å². The van der Waals surface area contributed by atoms with Gasteiger partial charge in [-0.1, -0.05) is 18.3 Å². The summed E-state index contributed by atoms with van der Waals surface area (Å²) in [5.74, 6) is 1.00. The third-order valence-electron chi connectivity index (χ3n) is 4.87. The quantitative estimate of drug-likeness (QED) is 0.154. The second-order valence-corrected chi connectivity index (χ2v) is 7.55. The number of nitrogens with one attached hydrogen (secondary N) is 1. The van der Waals surface area contributed by atoms with Gasteiger partial charge in [-0.3, -0.25) is 10.1 Å². The normalized spacial score (nSPS) is 12.8. The van der Waals surface area contributed by atoms with Crippen LogP contribution in [0.4, 0.5) is 5.69 Å². The Bertz CT molecular complexity index is 1220. The lowest BCUT2D eigenvalue weighted by atomic mass is 10.1. The van der Waals surface area contributed by atoms with E-state index in [4.69, 9.17) is 21.7 Å². The van der Waals surface area contributed by atoms with E-state index in [-0.39, 0.29) is 28.9 Å². The summed E-state index contributed by atoms with van der Waals surface area (Å²) in [6, 6.07) is 14.8. The van der Waals surface area contributed by atoms with Gasteiger partial charge in [-0.05, 0) is 54.1 Å². The van der Waals surface area contributed by atoms with E-state index in [2.05, 4.69) is 5.32 Å². The summed E-state index contributed by atoms with van der Waals surface area (Å²) in [5.41, 5.74) is 2.31. The number of nitrogens with zero attached hydrogens (tertiary/aromatic N) is 2. The monoisotopic (exact) mass is 449 g/mol. The van der Waals surface area contributed by atoms with Gasteiger partial charge in [-0.2, -0.15) is 4.57 Å². The molecule has 1 aromatic heterocycles. The molecule has 1 aliphatic rings. The summed E-state index contributed by atoms with van der Waals surface area (Å²) in [5, 5.41) is 27.4. The summed E-state index contributed by atoms with van der Waals surface area (Å²) in [7, 11) is 0. The lowest BCUT2D eigenvalue weighted by Gasteiger charge is -2.17. The van der Waals surface area contributed by atoms with Crippen LogP contribution in [0.15, 0.2) is 67.0 Å². The molecule has 0 unspecified atom stereocenters. The van der Waals surface area contributed by atoms with Crippen molar-refractivity contribution in [2.45, 2.75) is 13.5 Å². The molecule has 32 heavy (non-hydrogen) atoms. The highest BCUT2D eigenvalue weighted by molar-refractivity contribution is 7.81. The zero-order chi connectivity index (χ0) is 22.7. The van der Waals surface area contributed by atoms with E-state index in [0.29, 0.717) is 23.6 Å². The average molecular weight is 449 g/mol. The number of hydrogen-bond donors (Lipinski definition) is 1. The molecule has 3 aromatic rings. The number of aryl methyl sites for hydroxylation is 1. The van der Waals surface area contributed by atoms with Crippen LogP contribution in [0.5, 0.6) is 11.5 Å². The number of fused-ring (bicyclic) bond motifs is 1. The summed E-state index contributed by atoms with van der Waals surface area (Å²) in [6.45, 7) is 2.47. The van der Waals surface area contributed by atoms with Crippen molar-refractivity contribution in [1.29, 1.82) is 0 Å². The van der Waals surface area contributed by atoms with E-state index in [0.717, 1.165) is 11.1 Å². The van der Waals surface area contributed by atoms with Crippen molar-refractivity contribution in [3.05, 3.63) is 93.8 Å². The molecule has 0 bridgehead atoms. The fraction of sp³-hybridized carbons (Fsp3) is 0.130. The van der Waals surface area contributed by atoms with Gasteiger partial charge >= 0.3 is 0 Å². The molecule has 0 fully saturated rings. The molecule has 0 amide bonds. The maximum atomic E-state index is 13.4. The molecule has 2 aromatic carbocycles. The number of thiocarbonyl (C=S) groups is 1. The van der Waals surface area contributed by atoms with E-state index in [9.17, 15) is 15.2 Å². The maximum absolute atomic E-state index is 13.4. The van der Waals surface area contributed by atoms with Crippen molar-refractivity contribution in [3.63, 3.8) is 0 Å². The molecule has 0 saturated heterocycles. The molecule has 2 heterocycles. The van der Waals surface area contributed by atoms with Crippen molar-refractivity contribution >= 4 is 34.3 Å². The minimum Gasteiger partial charge on any atom is -0.867 e. The average Bonchev–Trinajstić information content (AvgIpc) is 3.26. The van der Waals surface area contributed by atoms with E-state index in [1.54, 1.807) is 17.0 Å². The fourth-order valence-corrected chi connectivity index (χ4v) is 3.53. The van der Waals surface area contributed by atoms with Crippen molar-refractivity contribution in [1.82, 2.24) is 5.32 Å². The predicted octanol–water partition coefficient (Wildman–Crippen LogP) is 2.72. The number of nitro groups is 1. The van der Waals surface area contributed by atoms with Crippen LogP contribution in [0.1, 0.15) is 16.7 Å². The third-order valence-corrected chi connectivity index (χ3v) is 5.20. The first kappa shape index (κ1) is 21.3. The minimum atomic E-state index is -0.508. The Morgan fingerprint density at radius 3 is 2.62 bits per heavy atom. The number of aromatic nitrogens is 1. The molecule has 8 nitrogen and oxygen atoms in total. The van der Waals surface area contributed by atoms with Crippen LogP contribution in [0.2, 0.25) is 0 Å². The first-order valence-corrected chi connectivity index (χ1v) is 10.1. The van der Waals surface area contributed by atoms with Crippen LogP contribution in [-0.2, 0) is 6.54 Å². The lowest BCUT2D eigenvalue weighted by Crippen LogP contribution is -2.42. The number of pyridine rings is 1. The first-order chi connectivity index (χ1) is 15.4. The van der Waals surface area contributed by atoms with Crippen LogP contribution in [0, 0.1) is 17.0 Å². The van der Waals surface area contributed by atoms with Gasteiger partial charge in [0.2, 0.25) is 12.5 Å². The molecule has 1 aliphatic heterocycles. The van der Waals surface area contributed by atoms with Crippen LogP contribution in [-0.4, -0.2) is 16.7 Å². The van der Waals surface area contributed by atoms with Crippen molar-refractivity contribution in [2.24, 2.45) is 0 Å². The first-order valence-electron chi connectivity index (χ1n) is 9.73. The maximum Gasteiger partial charge on any atom is 0.269 e. The molecule has 0 atom stereocenters. The SMILES string of the molecule is Cc1ccc[n+](C(C(=S)NCc2ccc3c(c2)OCO3)=C([O-])c2ccc([N+](=O)[O-])cc2)c1. The lowest BCUT2D eigenvalue weighted by molar-refractivity contribution is -0.578. The van der Waals surface area contributed by atoms with Crippen LogP contribution in [0.25, 0.3) is 11.5 Å². The fourth-order valence-electron chi connectivity index (χ4n) is 3.26. The van der Waals surface area contributed by atoms with Crippen molar-refractivity contribution in [3.8, 4) is 11.5 Å². The minimum absolute atomic E-state index is 0.0881. The Kier molecular flexibility index (Phi) is 6.00. The zero-order valence-corrected chi connectivity index (χ0v) is 17.9. The van der Waals surface area contributed by atoms with Gasteiger partial charge in [-0.25, -0.2) is 0 Å². The van der Waals surface area contributed by atoms with Crippen LogP contribution in [0.3, 0.4) is 0 Å². The number of benzene rings is 2. The van der Waals surface area contributed by atoms with E-state index >= 15 is 0 Å². The topological polar surface area (TPSA) is 101 Å². The molecule has 9 heteroatoms. The Hall–Kier alpha value is -3.98. The number of rotatable bonds is 6. The summed E-state index contributed by atoms with van der Waals surface area (Å²) in [6.07, 6.45) is 3.54. The molecule has 162 valence electrons. The number of nitro benzene ring substituents is 1. The molecule has 4 rings (SSSR count). The van der Waals surface area contributed by atoms with Crippen LogP contribution < -0.4 is 24.5 Å². The molecule has 1 N–H and O–H groups in total. The highest BCUT2D eigenvalue weighted by Gasteiger charge is 2.20. The number of non-ortho nitro benzene ring substituents is 1. The Labute approximate surface area is 189 Å². The highest BCUT2D eigenvalue weighted by Crippen LogP contribution is 2.32. The molecular formula is C23H19N3O5S. The smallest absolute Gasteiger partial charge is 0.269 e. The Balaban J connectivity index is 1.65. The van der Waals surface area contributed by atoms with Gasteiger partial charge in [0.25, 0.3) is 5.69 Å². The second-order valence-electron chi connectivity index (χ2n) is 7.14. The van der Waals surface area contributed by atoms with Gasteiger partial charge in [-0.15, -0.1) is 0 Å². The van der Waals surface area contributed by atoms with E-state index in [1.807, 2.05) is 37.3 Å². The predicted molar refractivity (Wildman–Crippen MR) is 120 cm³/mol. The molecule has 0 saturated carbocycles. The summed E-state index contributed by atoms with van der Waals surface area (Å²) in [4.78, 5) is 10.7. The molecular weight excluding hydrogens is 430 g/mol. The van der Waals surface area contributed by atoms with Crippen molar-refractivity contribution in [2.75, 3.05) is 6.79 Å².